The van der Waals surface area contributed by atoms with E-state index >= 15 is 0 Å². The number of nitrogens with zero attached hydrogens (tertiary/aromatic N) is 1. The summed E-state index contributed by atoms with van der Waals surface area (Å²) in [7, 11) is 3.92. The van der Waals surface area contributed by atoms with Gasteiger partial charge in [0, 0.05) is 6.54 Å². The lowest BCUT2D eigenvalue weighted by Gasteiger charge is -2.20. The van der Waals surface area contributed by atoms with Crippen LogP contribution in [0.15, 0.2) is 0 Å². The van der Waals surface area contributed by atoms with Crippen molar-refractivity contribution in [3.8, 4) is 0 Å². The summed E-state index contributed by atoms with van der Waals surface area (Å²) < 4.78 is 0. The van der Waals surface area contributed by atoms with Crippen molar-refractivity contribution < 1.29 is 5.11 Å². The van der Waals surface area contributed by atoms with Crippen molar-refractivity contribution in [2.75, 3.05) is 20.6 Å². The molecule has 0 heterocycles. The Morgan fingerprint density at radius 3 is 2.06 bits per heavy atom. The zero-order valence-corrected chi connectivity index (χ0v) is 12.5. The second-order valence-corrected chi connectivity index (χ2v) is 5.82. The fourth-order valence-corrected chi connectivity index (χ4v) is 2.21. The summed E-state index contributed by atoms with van der Waals surface area (Å²) >= 11 is 6.16. The van der Waals surface area contributed by atoms with Gasteiger partial charge in [0.1, 0.15) is 0 Å². The molecule has 0 saturated heterocycles. The highest BCUT2D eigenvalue weighted by Gasteiger charge is 2.16. The molecule has 2 nitrogen and oxygen atoms in total. The van der Waals surface area contributed by atoms with Crippen LogP contribution in [-0.2, 0) is 0 Å². The van der Waals surface area contributed by atoms with Crippen molar-refractivity contribution in [1.29, 1.82) is 0 Å². The molecule has 3 heteroatoms. The van der Waals surface area contributed by atoms with Gasteiger partial charge in [0.2, 0.25) is 0 Å². The van der Waals surface area contributed by atoms with Crippen LogP contribution in [0.25, 0.3) is 0 Å². The fraction of sp³-hybridized carbons (Fsp3) is 1.00. The highest BCUT2D eigenvalue weighted by molar-refractivity contribution is 6.21. The van der Waals surface area contributed by atoms with Gasteiger partial charge in [-0.05, 0) is 20.5 Å². The Balaban J connectivity index is 3.35. The molecule has 2 unspecified atom stereocenters. The molecule has 17 heavy (non-hydrogen) atoms. The number of hydrogen-bond acceptors (Lipinski definition) is 2. The molecule has 0 aromatic heterocycles. The van der Waals surface area contributed by atoms with Gasteiger partial charge < -0.3 is 10.0 Å². The zero-order valence-electron chi connectivity index (χ0n) is 11.8. The maximum absolute atomic E-state index is 9.79. The average Bonchev–Trinajstić information content (AvgIpc) is 2.26. The third-order valence-corrected chi connectivity index (χ3v) is 3.56. The van der Waals surface area contributed by atoms with E-state index in [0.29, 0.717) is 6.54 Å². The summed E-state index contributed by atoms with van der Waals surface area (Å²) in [5.41, 5.74) is 0. The quantitative estimate of drug-likeness (QED) is 0.454. The van der Waals surface area contributed by atoms with Gasteiger partial charge in [0.15, 0.2) is 0 Å². The van der Waals surface area contributed by atoms with E-state index in [2.05, 4.69) is 6.92 Å². The second-order valence-electron chi connectivity index (χ2n) is 5.26. The van der Waals surface area contributed by atoms with E-state index in [1.807, 2.05) is 19.0 Å². The van der Waals surface area contributed by atoms with Crippen molar-refractivity contribution in [3.05, 3.63) is 0 Å². The van der Waals surface area contributed by atoms with E-state index in [1.165, 1.54) is 38.5 Å². The number of hydrogen-bond donors (Lipinski definition) is 1. The lowest BCUT2D eigenvalue weighted by molar-refractivity contribution is 0.128. The van der Waals surface area contributed by atoms with Crippen molar-refractivity contribution in [1.82, 2.24) is 4.90 Å². The molecule has 0 saturated carbocycles. The summed E-state index contributed by atoms with van der Waals surface area (Å²) in [6.45, 7) is 2.90. The number of likely N-dealkylation sites (N-methyl/N-ethyl adjacent to an activating group) is 1. The summed E-state index contributed by atoms with van der Waals surface area (Å²) in [6, 6.07) is 0. The molecule has 1 N–H and O–H groups in total. The Morgan fingerprint density at radius 1 is 1.00 bits per heavy atom. The van der Waals surface area contributed by atoms with E-state index in [-0.39, 0.29) is 5.38 Å². The zero-order chi connectivity index (χ0) is 13.1. The summed E-state index contributed by atoms with van der Waals surface area (Å²) in [5.74, 6) is 0. The standard InChI is InChI=1S/C14H30ClNO/c1-4-5-6-7-8-9-10-11-13(15)14(17)12-16(2)3/h13-14,17H,4-12H2,1-3H3. The average molecular weight is 264 g/mol. The predicted molar refractivity (Wildman–Crippen MR) is 76.8 cm³/mol. The van der Waals surface area contributed by atoms with Gasteiger partial charge in [-0.15, -0.1) is 11.6 Å². The normalized spacial score (nSPS) is 15.2. The molecule has 0 fully saturated rings. The minimum atomic E-state index is -0.397. The predicted octanol–water partition coefficient (Wildman–Crippen LogP) is 3.66. The largest absolute Gasteiger partial charge is 0.390 e. The molecule has 2 atom stereocenters. The Bertz CT molecular complexity index is 164. The third-order valence-electron chi connectivity index (χ3n) is 3.05. The SMILES string of the molecule is CCCCCCCCCC(Cl)C(O)CN(C)C. The van der Waals surface area contributed by atoms with E-state index in [0.717, 1.165) is 12.8 Å². The fourth-order valence-electron chi connectivity index (χ4n) is 1.98. The molecule has 0 amide bonds. The van der Waals surface area contributed by atoms with Crippen LogP contribution < -0.4 is 0 Å². The molecule has 0 spiro atoms. The van der Waals surface area contributed by atoms with Crippen molar-refractivity contribution in [3.63, 3.8) is 0 Å². The van der Waals surface area contributed by atoms with E-state index < -0.39 is 6.10 Å². The van der Waals surface area contributed by atoms with E-state index in [9.17, 15) is 5.11 Å². The van der Waals surface area contributed by atoms with Gasteiger partial charge in [-0.1, -0.05) is 51.9 Å². The van der Waals surface area contributed by atoms with Crippen molar-refractivity contribution >= 4 is 11.6 Å². The number of aliphatic hydroxyl groups is 1. The monoisotopic (exact) mass is 263 g/mol. The molecule has 104 valence electrons. The van der Waals surface area contributed by atoms with Crippen LogP contribution in [0.2, 0.25) is 0 Å². The van der Waals surface area contributed by atoms with Gasteiger partial charge >= 0.3 is 0 Å². The van der Waals surface area contributed by atoms with Gasteiger partial charge in [-0.25, -0.2) is 0 Å². The maximum atomic E-state index is 9.79. The summed E-state index contributed by atoms with van der Waals surface area (Å²) in [5, 5.41) is 9.70. The van der Waals surface area contributed by atoms with Crippen molar-refractivity contribution in [2.24, 2.45) is 0 Å². The molecule has 0 aromatic rings. The molecule has 0 aliphatic heterocycles. The molecule has 0 bridgehead atoms. The molecular weight excluding hydrogens is 234 g/mol. The summed E-state index contributed by atoms with van der Waals surface area (Å²) in [6.07, 6.45) is 9.63. The topological polar surface area (TPSA) is 23.5 Å². The van der Waals surface area contributed by atoms with E-state index in [4.69, 9.17) is 11.6 Å². The first-order chi connectivity index (χ1) is 8.07. The Morgan fingerprint density at radius 2 is 1.53 bits per heavy atom. The first kappa shape index (κ1) is 17.2. The highest BCUT2D eigenvalue weighted by Crippen LogP contribution is 2.15. The number of alkyl halides is 1. The Kier molecular flexibility index (Phi) is 11.4. The smallest absolute Gasteiger partial charge is 0.0830 e. The Labute approximate surface area is 112 Å². The number of aliphatic hydroxyl groups excluding tert-OH is 1. The second kappa shape index (κ2) is 11.3. The van der Waals surface area contributed by atoms with Gasteiger partial charge in [-0.2, -0.15) is 0 Å². The van der Waals surface area contributed by atoms with Crippen LogP contribution in [-0.4, -0.2) is 42.1 Å². The minimum absolute atomic E-state index is 0.0898. The van der Waals surface area contributed by atoms with Gasteiger partial charge in [0.05, 0.1) is 11.5 Å². The molecule has 0 radical (unpaired) electrons. The lowest BCUT2D eigenvalue weighted by Crippen LogP contribution is -2.32. The van der Waals surface area contributed by atoms with Crippen LogP contribution in [0.5, 0.6) is 0 Å². The highest BCUT2D eigenvalue weighted by atomic mass is 35.5. The van der Waals surface area contributed by atoms with Crippen LogP contribution in [0, 0.1) is 0 Å². The third kappa shape index (κ3) is 11.1. The van der Waals surface area contributed by atoms with Crippen LogP contribution in [0.4, 0.5) is 0 Å². The number of unbranched alkanes of at least 4 members (excludes halogenated alkanes) is 6. The summed E-state index contributed by atoms with van der Waals surface area (Å²) in [4.78, 5) is 1.98. The maximum Gasteiger partial charge on any atom is 0.0830 e. The molecule has 0 aliphatic rings. The first-order valence-electron chi connectivity index (χ1n) is 7.04. The van der Waals surface area contributed by atoms with Gasteiger partial charge in [-0.3, -0.25) is 0 Å². The number of halogens is 1. The lowest BCUT2D eigenvalue weighted by atomic mass is 10.1. The van der Waals surface area contributed by atoms with Gasteiger partial charge in [0.25, 0.3) is 0 Å². The van der Waals surface area contributed by atoms with Crippen LogP contribution in [0.3, 0.4) is 0 Å². The minimum Gasteiger partial charge on any atom is -0.390 e. The Hall–Kier alpha value is 0.210. The van der Waals surface area contributed by atoms with Crippen molar-refractivity contribution in [2.45, 2.75) is 69.8 Å². The molecule has 0 aliphatic carbocycles. The van der Waals surface area contributed by atoms with Crippen LogP contribution >= 0.6 is 11.6 Å². The molecule has 0 rings (SSSR count). The van der Waals surface area contributed by atoms with Crippen LogP contribution in [0.1, 0.15) is 58.3 Å². The van der Waals surface area contributed by atoms with E-state index in [1.54, 1.807) is 0 Å². The molecular formula is C14H30ClNO. The number of rotatable bonds is 11. The molecule has 0 aromatic carbocycles. The first-order valence-corrected chi connectivity index (χ1v) is 7.48.